The Balaban J connectivity index is 4.24. The molecule has 0 heterocycles. The van der Waals surface area contributed by atoms with E-state index in [1.807, 2.05) is 0 Å². The van der Waals surface area contributed by atoms with E-state index in [1.165, 1.54) is 13.8 Å². The Kier molecular flexibility index (Phi) is 5.61. The van der Waals surface area contributed by atoms with Gasteiger partial charge in [-0.05, 0) is 34.6 Å². The van der Waals surface area contributed by atoms with E-state index in [0.29, 0.717) is 0 Å². The average Bonchev–Trinajstić information content (AvgIpc) is 2.13. The first-order chi connectivity index (χ1) is 8.03. The maximum absolute atomic E-state index is 11.5. The molecule has 2 amide bonds. The van der Waals surface area contributed by atoms with E-state index in [1.54, 1.807) is 20.8 Å². The van der Waals surface area contributed by atoms with E-state index in [-0.39, 0.29) is 0 Å². The second-order valence-electron chi connectivity index (χ2n) is 4.92. The summed E-state index contributed by atoms with van der Waals surface area (Å²) in [6, 6.07) is -2.03. The fourth-order valence-electron chi connectivity index (χ4n) is 0.947. The van der Waals surface area contributed by atoms with Crippen LogP contribution in [0.5, 0.6) is 0 Å². The van der Waals surface area contributed by atoms with E-state index < -0.39 is 35.7 Å². The number of hydrogen-bond acceptors (Lipinski definition) is 5. The highest BCUT2D eigenvalue weighted by molar-refractivity contribution is 5.88. The summed E-state index contributed by atoms with van der Waals surface area (Å²) < 4.78 is 4.95. The molecule has 0 unspecified atom stereocenters. The van der Waals surface area contributed by atoms with Gasteiger partial charge in [-0.2, -0.15) is 0 Å². The molecule has 0 rings (SSSR count). The van der Waals surface area contributed by atoms with E-state index in [4.69, 9.17) is 4.74 Å². The van der Waals surface area contributed by atoms with Crippen LogP contribution in [0.2, 0.25) is 0 Å². The molecule has 0 fully saturated rings. The second-order valence-corrected chi connectivity index (χ2v) is 4.92. The van der Waals surface area contributed by atoms with Gasteiger partial charge in [0.1, 0.15) is 11.6 Å². The fourth-order valence-corrected chi connectivity index (χ4v) is 0.947. The molecule has 104 valence electrons. The number of amides is 2. The number of ether oxygens (including phenoxy) is 1. The number of aliphatic carboxylic acids is 1. The van der Waals surface area contributed by atoms with Crippen LogP contribution in [0.4, 0.5) is 4.79 Å². The molecule has 0 aliphatic carbocycles. The molecule has 0 aliphatic heterocycles. The molecule has 7 heteroatoms. The molecule has 7 nitrogen and oxygen atoms in total. The Morgan fingerprint density at radius 2 is 1.56 bits per heavy atom. The quantitative estimate of drug-likeness (QED) is 0.684. The molecule has 0 aliphatic rings. The van der Waals surface area contributed by atoms with Crippen molar-refractivity contribution in [1.82, 2.24) is 10.6 Å². The number of alkyl carbamates (subject to hydrolysis) is 1. The van der Waals surface area contributed by atoms with Gasteiger partial charge in [-0.1, -0.05) is 0 Å². The number of carbonyl (C=O) groups excluding carboxylic acids is 3. The van der Waals surface area contributed by atoms with E-state index in [0.717, 1.165) is 0 Å². The summed E-state index contributed by atoms with van der Waals surface area (Å²) in [5, 5.41) is 14.9. The van der Waals surface area contributed by atoms with Gasteiger partial charge in [0.25, 0.3) is 0 Å². The highest BCUT2D eigenvalue weighted by Gasteiger charge is 2.21. The normalized spacial score (nSPS) is 14.3. The summed E-state index contributed by atoms with van der Waals surface area (Å²) in [5.74, 6) is -2.02. The predicted octanol–water partition coefficient (Wildman–Crippen LogP) is -0.846. The Bertz CT molecular complexity index is 335. The van der Waals surface area contributed by atoms with Gasteiger partial charge in [0.05, 0.1) is 12.0 Å². The summed E-state index contributed by atoms with van der Waals surface area (Å²) in [6.45, 7) is 7.76. The van der Waals surface area contributed by atoms with Crippen LogP contribution >= 0.6 is 0 Å². The van der Waals surface area contributed by atoms with Gasteiger partial charge in [0, 0.05) is 0 Å². The zero-order chi connectivity index (χ0) is 14.5. The Morgan fingerprint density at radius 1 is 1.06 bits per heavy atom. The minimum Gasteiger partial charge on any atom is -0.548 e. The smallest absolute Gasteiger partial charge is 0.408 e. The van der Waals surface area contributed by atoms with E-state index >= 15 is 0 Å². The lowest BCUT2D eigenvalue weighted by Crippen LogP contribution is -2.52. The van der Waals surface area contributed by atoms with Crippen molar-refractivity contribution in [1.29, 1.82) is 0 Å². The molecular weight excluding hydrogens is 240 g/mol. The molecule has 0 aromatic rings. The Labute approximate surface area is 106 Å². The van der Waals surface area contributed by atoms with Gasteiger partial charge in [0.15, 0.2) is 0 Å². The maximum atomic E-state index is 11.5. The van der Waals surface area contributed by atoms with Gasteiger partial charge in [0.2, 0.25) is 5.91 Å². The molecule has 18 heavy (non-hydrogen) atoms. The van der Waals surface area contributed by atoms with Crippen LogP contribution in [0.15, 0.2) is 0 Å². The Morgan fingerprint density at radius 3 is 1.94 bits per heavy atom. The lowest BCUT2D eigenvalue weighted by Gasteiger charge is -2.22. The third-order valence-electron chi connectivity index (χ3n) is 1.84. The SMILES string of the molecule is C[C@H](NC(=O)OC(C)(C)C)C(=O)N[C@H](C)C(=O)[O-]. The third kappa shape index (κ3) is 6.72. The average molecular weight is 259 g/mol. The van der Waals surface area contributed by atoms with Crippen molar-refractivity contribution in [3.8, 4) is 0 Å². The molecule has 0 saturated carbocycles. The molecule has 2 N–H and O–H groups in total. The van der Waals surface area contributed by atoms with Crippen LogP contribution < -0.4 is 15.7 Å². The van der Waals surface area contributed by atoms with Crippen molar-refractivity contribution in [2.45, 2.75) is 52.3 Å². The highest BCUT2D eigenvalue weighted by Crippen LogP contribution is 2.06. The summed E-state index contributed by atoms with van der Waals surface area (Å²) in [7, 11) is 0. The second kappa shape index (κ2) is 6.23. The minimum atomic E-state index is -1.40. The van der Waals surface area contributed by atoms with Crippen LogP contribution in [0.3, 0.4) is 0 Å². The summed E-state index contributed by atoms with van der Waals surface area (Å²) in [6.07, 6.45) is -0.744. The van der Waals surface area contributed by atoms with Gasteiger partial charge in [-0.15, -0.1) is 0 Å². The van der Waals surface area contributed by atoms with Crippen molar-refractivity contribution in [3.05, 3.63) is 0 Å². The van der Waals surface area contributed by atoms with Crippen molar-refractivity contribution in [2.75, 3.05) is 0 Å². The number of carboxylic acids is 1. The predicted molar refractivity (Wildman–Crippen MR) is 61.4 cm³/mol. The van der Waals surface area contributed by atoms with Crippen molar-refractivity contribution in [3.63, 3.8) is 0 Å². The van der Waals surface area contributed by atoms with Crippen molar-refractivity contribution >= 4 is 18.0 Å². The topological polar surface area (TPSA) is 108 Å². The lowest BCUT2D eigenvalue weighted by atomic mass is 10.2. The zero-order valence-electron chi connectivity index (χ0n) is 11.2. The summed E-state index contributed by atoms with van der Waals surface area (Å²) in [5.41, 5.74) is -0.668. The van der Waals surface area contributed by atoms with Gasteiger partial charge in [-0.25, -0.2) is 4.79 Å². The van der Waals surface area contributed by atoms with Gasteiger partial charge >= 0.3 is 6.09 Å². The molecule has 0 bridgehead atoms. The largest absolute Gasteiger partial charge is 0.548 e. The van der Waals surface area contributed by atoms with Crippen LogP contribution in [-0.2, 0) is 14.3 Å². The summed E-state index contributed by atoms with van der Waals surface area (Å²) in [4.78, 5) is 33.3. The third-order valence-corrected chi connectivity index (χ3v) is 1.84. The first-order valence-corrected chi connectivity index (χ1v) is 5.53. The maximum Gasteiger partial charge on any atom is 0.408 e. The lowest BCUT2D eigenvalue weighted by molar-refractivity contribution is -0.307. The minimum absolute atomic E-state index is 0.627. The fraction of sp³-hybridized carbons (Fsp3) is 0.727. The molecule has 0 saturated heterocycles. The number of nitrogens with one attached hydrogen (secondary N) is 2. The molecule has 0 aromatic carbocycles. The molecule has 0 spiro atoms. The first kappa shape index (κ1) is 16.2. The van der Waals surface area contributed by atoms with E-state index in [9.17, 15) is 19.5 Å². The number of hydrogen-bond donors (Lipinski definition) is 2. The van der Waals surface area contributed by atoms with Gasteiger partial charge < -0.3 is 25.3 Å². The molecular formula is C11H19N2O5-. The highest BCUT2D eigenvalue weighted by atomic mass is 16.6. The first-order valence-electron chi connectivity index (χ1n) is 5.53. The van der Waals surface area contributed by atoms with Crippen molar-refractivity contribution < 1.29 is 24.2 Å². The van der Waals surface area contributed by atoms with Crippen LogP contribution in [0.1, 0.15) is 34.6 Å². The molecule has 0 aromatic heterocycles. The van der Waals surface area contributed by atoms with Crippen LogP contribution in [-0.4, -0.2) is 35.7 Å². The molecule has 2 atom stereocenters. The van der Waals surface area contributed by atoms with Crippen LogP contribution in [0.25, 0.3) is 0 Å². The van der Waals surface area contributed by atoms with Crippen LogP contribution in [0, 0.1) is 0 Å². The monoisotopic (exact) mass is 259 g/mol. The van der Waals surface area contributed by atoms with E-state index in [2.05, 4.69) is 10.6 Å². The number of carbonyl (C=O) groups is 3. The summed E-state index contributed by atoms with van der Waals surface area (Å²) >= 11 is 0. The van der Waals surface area contributed by atoms with Crippen molar-refractivity contribution in [2.24, 2.45) is 0 Å². The number of carboxylic acid groups (broad SMARTS) is 1. The number of rotatable bonds is 4. The van der Waals surface area contributed by atoms with Gasteiger partial charge in [-0.3, -0.25) is 4.79 Å². The zero-order valence-corrected chi connectivity index (χ0v) is 11.2. The standard InChI is InChI=1S/C11H20N2O5/c1-6(8(14)12-7(2)9(15)16)13-10(17)18-11(3,4)5/h6-7H,1-5H3,(H,12,14)(H,13,17)(H,15,16)/p-1/t6-,7+/m0/s1. The molecule has 0 radical (unpaired) electrons. The Hall–Kier alpha value is -1.79.